The number of sulfone groups is 1. The number of halogens is 1. The first-order valence-corrected chi connectivity index (χ1v) is 9.17. The molecule has 2 fully saturated rings. The van der Waals surface area contributed by atoms with E-state index in [0.29, 0.717) is 17.6 Å². The third-order valence-electron chi connectivity index (χ3n) is 5.17. The minimum absolute atomic E-state index is 0.114. The highest BCUT2D eigenvalue weighted by Crippen LogP contribution is 2.58. The average molecular weight is 293 g/mol. The van der Waals surface area contributed by atoms with Crippen molar-refractivity contribution < 1.29 is 8.42 Å². The van der Waals surface area contributed by atoms with E-state index in [1.807, 2.05) is 0 Å². The normalized spacial score (nSPS) is 36.2. The summed E-state index contributed by atoms with van der Waals surface area (Å²) >= 11 is 6.21. The minimum atomic E-state index is -3.01. The zero-order valence-electron chi connectivity index (χ0n) is 11.7. The molecule has 0 saturated heterocycles. The number of hydrogen-bond acceptors (Lipinski definition) is 2. The van der Waals surface area contributed by atoms with Crippen LogP contribution in [0, 0.1) is 17.3 Å². The quantitative estimate of drug-likeness (QED) is 0.742. The Balaban J connectivity index is 2.06. The van der Waals surface area contributed by atoms with Crippen molar-refractivity contribution in [3.8, 4) is 0 Å². The third kappa shape index (κ3) is 2.45. The molecule has 0 heterocycles. The van der Waals surface area contributed by atoms with Gasteiger partial charge in [-0.2, -0.15) is 0 Å². The molecular weight excluding hydrogens is 268 g/mol. The van der Waals surface area contributed by atoms with Crippen molar-refractivity contribution in [2.24, 2.45) is 17.3 Å². The average Bonchev–Trinajstić information content (AvgIpc) is 2.85. The highest BCUT2D eigenvalue weighted by Gasteiger charge is 2.50. The van der Waals surface area contributed by atoms with Crippen molar-refractivity contribution in [1.82, 2.24) is 0 Å². The molecule has 2 bridgehead atoms. The van der Waals surface area contributed by atoms with Crippen LogP contribution >= 0.6 is 11.6 Å². The molecule has 0 aromatic carbocycles. The van der Waals surface area contributed by atoms with Gasteiger partial charge in [-0.3, -0.25) is 0 Å². The van der Waals surface area contributed by atoms with Crippen LogP contribution in [0.1, 0.15) is 52.9 Å². The van der Waals surface area contributed by atoms with Crippen LogP contribution in [0.25, 0.3) is 0 Å². The molecule has 2 aliphatic carbocycles. The Bertz CT molecular complexity index is 410. The van der Waals surface area contributed by atoms with E-state index in [4.69, 9.17) is 11.6 Å². The van der Waals surface area contributed by atoms with Crippen molar-refractivity contribution in [2.45, 2.75) is 57.6 Å². The highest BCUT2D eigenvalue weighted by atomic mass is 35.5. The molecule has 3 unspecified atom stereocenters. The Morgan fingerprint density at radius 3 is 2.33 bits per heavy atom. The number of alkyl halides is 1. The van der Waals surface area contributed by atoms with E-state index in [1.54, 1.807) is 20.8 Å². The number of rotatable bonds is 4. The molecule has 0 amide bonds. The predicted molar refractivity (Wildman–Crippen MR) is 76.8 cm³/mol. The van der Waals surface area contributed by atoms with Crippen LogP contribution in [0.2, 0.25) is 0 Å². The molecule has 4 heteroatoms. The summed E-state index contributed by atoms with van der Waals surface area (Å²) in [6, 6.07) is 0. The van der Waals surface area contributed by atoms with Crippen LogP contribution in [-0.4, -0.2) is 24.8 Å². The maximum Gasteiger partial charge on any atom is 0.155 e. The number of hydrogen-bond donors (Lipinski definition) is 0. The van der Waals surface area contributed by atoms with E-state index < -0.39 is 14.6 Å². The van der Waals surface area contributed by atoms with E-state index in [1.165, 1.54) is 19.3 Å². The Morgan fingerprint density at radius 2 is 1.94 bits per heavy atom. The standard InChI is InChI=1S/C14H25ClO2S/c1-13(2,3)18(16,17)7-6-14(10-15)9-11-4-5-12(14)8-11/h11-12H,4-10H2,1-3H3. The fraction of sp³-hybridized carbons (Fsp3) is 1.00. The van der Waals surface area contributed by atoms with Gasteiger partial charge in [-0.25, -0.2) is 8.42 Å². The molecule has 0 aromatic heterocycles. The summed E-state index contributed by atoms with van der Waals surface area (Å²) < 4.78 is 23.8. The van der Waals surface area contributed by atoms with Gasteiger partial charge in [-0.1, -0.05) is 6.42 Å². The Labute approximate surface area is 116 Å². The SMILES string of the molecule is CC(C)(C)S(=O)(=O)CCC1(CCl)CC2CCC1C2. The molecule has 0 radical (unpaired) electrons. The lowest BCUT2D eigenvalue weighted by atomic mass is 9.73. The molecule has 0 aromatic rings. The fourth-order valence-corrected chi connectivity index (χ4v) is 5.49. The monoisotopic (exact) mass is 292 g/mol. The molecular formula is C14H25ClO2S. The van der Waals surface area contributed by atoms with Crippen molar-refractivity contribution in [1.29, 1.82) is 0 Å². The lowest BCUT2D eigenvalue weighted by Crippen LogP contribution is -2.36. The second-order valence-corrected chi connectivity index (χ2v) is 10.4. The topological polar surface area (TPSA) is 34.1 Å². The van der Waals surface area contributed by atoms with Crippen molar-refractivity contribution in [3.05, 3.63) is 0 Å². The summed E-state index contributed by atoms with van der Waals surface area (Å²) in [4.78, 5) is 0. The van der Waals surface area contributed by atoms with Crippen molar-refractivity contribution >= 4 is 21.4 Å². The maximum absolute atomic E-state index is 12.2. The fourth-order valence-electron chi connectivity index (χ4n) is 3.74. The van der Waals surface area contributed by atoms with Gasteiger partial charge in [0, 0.05) is 5.88 Å². The van der Waals surface area contributed by atoms with Gasteiger partial charge in [0.2, 0.25) is 0 Å². The minimum Gasteiger partial charge on any atom is -0.228 e. The van der Waals surface area contributed by atoms with E-state index in [2.05, 4.69) is 0 Å². The Kier molecular flexibility index (Phi) is 3.79. The zero-order valence-corrected chi connectivity index (χ0v) is 13.3. The van der Waals surface area contributed by atoms with Crippen LogP contribution in [0.4, 0.5) is 0 Å². The molecule has 2 aliphatic rings. The molecule has 0 N–H and O–H groups in total. The molecule has 2 nitrogen and oxygen atoms in total. The van der Waals surface area contributed by atoms with Crippen molar-refractivity contribution in [3.63, 3.8) is 0 Å². The zero-order chi connectivity index (χ0) is 13.6. The lowest BCUT2D eigenvalue weighted by molar-refractivity contribution is 0.187. The van der Waals surface area contributed by atoms with E-state index >= 15 is 0 Å². The smallest absolute Gasteiger partial charge is 0.155 e. The van der Waals surface area contributed by atoms with Gasteiger partial charge in [0.15, 0.2) is 9.84 Å². The van der Waals surface area contributed by atoms with E-state index in [0.717, 1.165) is 18.8 Å². The summed E-state index contributed by atoms with van der Waals surface area (Å²) in [5.41, 5.74) is 0.114. The van der Waals surface area contributed by atoms with Crippen LogP contribution in [0.15, 0.2) is 0 Å². The first-order chi connectivity index (χ1) is 8.20. The highest BCUT2D eigenvalue weighted by molar-refractivity contribution is 7.92. The Morgan fingerprint density at radius 1 is 1.28 bits per heavy atom. The molecule has 0 spiro atoms. The maximum atomic E-state index is 12.2. The lowest BCUT2D eigenvalue weighted by Gasteiger charge is -2.36. The van der Waals surface area contributed by atoms with Gasteiger partial charge in [-0.15, -0.1) is 11.6 Å². The summed E-state index contributed by atoms with van der Waals surface area (Å²) in [6.07, 6.45) is 5.78. The van der Waals surface area contributed by atoms with Gasteiger partial charge in [-0.05, 0) is 63.7 Å². The summed E-state index contributed by atoms with van der Waals surface area (Å²) in [5, 5.41) is 0. The molecule has 2 saturated carbocycles. The summed E-state index contributed by atoms with van der Waals surface area (Å²) in [6.45, 7) is 5.36. The third-order valence-corrected chi connectivity index (χ3v) is 8.31. The molecule has 18 heavy (non-hydrogen) atoms. The predicted octanol–water partition coefficient (Wildman–Crippen LogP) is 3.64. The van der Waals surface area contributed by atoms with Gasteiger partial charge < -0.3 is 0 Å². The molecule has 3 atom stereocenters. The van der Waals surface area contributed by atoms with Gasteiger partial charge in [0.1, 0.15) is 0 Å². The van der Waals surface area contributed by atoms with Crippen molar-refractivity contribution in [2.75, 3.05) is 11.6 Å². The summed E-state index contributed by atoms with van der Waals surface area (Å²) in [5.74, 6) is 2.42. The number of fused-ring (bicyclic) bond motifs is 2. The van der Waals surface area contributed by atoms with Gasteiger partial charge in [0.05, 0.1) is 10.5 Å². The molecule has 0 aliphatic heterocycles. The largest absolute Gasteiger partial charge is 0.228 e. The van der Waals surface area contributed by atoms with Crippen LogP contribution in [0.3, 0.4) is 0 Å². The van der Waals surface area contributed by atoms with Crippen LogP contribution < -0.4 is 0 Å². The van der Waals surface area contributed by atoms with Gasteiger partial charge >= 0.3 is 0 Å². The van der Waals surface area contributed by atoms with Crippen LogP contribution in [0.5, 0.6) is 0 Å². The van der Waals surface area contributed by atoms with E-state index in [-0.39, 0.29) is 5.41 Å². The Hall–Kier alpha value is 0.240. The first-order valence-electron chi connectivity index (χ1n) is 6.98. The van der Waals surface area contributed by atoms with Crippen LogP contribution in [-0.2, 0) is 9.84 Å². The molecule has 2 rings (SSSR count). The van der Waals surface area contributed by atoms with E-state index in [9.17, 15) is 8.42 Å². The first kappa shape index (κ1) is 14.6. The second kappa shape index (κ2) is 4.66. The second-order valence-electron chi connectivity index (χ2n) is 7.26. The summed E-state index contributed by atoms with van der Waals surface area (Å²) in [7, 11) is -3.01. The molecule has 106 valence electrons. The van der Waals surface area contributed by atoms with Gasteiger partial charge in [0.25, 0.3) is 0 Å².